The van der Waals surface area contributed by atoms with E-state index in [0.717, 1.165) is 25.8 Å². The Bertz CT molecular complexity index is 566. The number of hydrogen-bond acceptors (Lipinski definition) is 3. The molecule has 5 heteroatoms. The first kappa shape index (κ1) is 19.0. The Kier molecular flexibility index (Phi) is 7.36. The molecule has 0 aliphatic rings. The summed E-state index contributed by atoms with van der Waals surface area (Å²) < 4.78 is 24.9. The molecule has 22 heavy (non-hydrogen) atoms. The van der Waals surface area contributed by atoms with Crippen molar-refractivity contribution in [2.45, 2.75) is 53.0 Å². The van der Waals surface area contributed by atoms with Crippen molar-refractivity contribution in [3.8, 4) is 0 Å². The number of benzene rings is 1. The van der Waals surface area contributed by atoms with Gasteiger partial charge in [-0.3, -0.25) is 0 Å². The van der Waals surface area contributed by atoms with Gasteiger partial charge < -0.3 is 4.90 Å². The second kappa shape index (κ2) is 8.53. The van der Waals surface area contributed by atoms with Crippen LogP contribution in [0.3, 0.4) is 0 Å². The van der Waals surface area contributed by atoms with E-state index < -0.39 is 10.0 Å². The average molecular weight is 327 g/mol. The lowest BCUT2D eigenvalue weighted by molar-refractivity contribution is 0.542. The zero-order chi connectivity index (χ0) is 16.8. The summed E-state index contributed by atoms with van der Waals surface area (Å²) in [6.07, 6.45) is 4.18. The monoisotopic (exact) mass is 326 g/mol. The van der Waals surface area contributed by atoms with Crippen LogP contribution in [-0.2, 0) is 10.0 Å². The van der Waals surface area contributed by atoms with Crippen molar-refractivity contribution < 1.29 is 8.42 Å². The molecule has 0 radical (unpaired) electrons. The van der Waals surface area contributed by atoms with Crippen molar-refractivity contribution in [1.29, 1.82) is 0 Å². The van der Waals surface area contributed by atoms with Gasteiger partial charge in [0, 0.05) is 24.8 Å². The van der Waals surface area contributed by atoms with Crippen LogP contribution in [0.4, 0.5) is 5.69 Å². The second-order valence-corrected chi connectivity index (χ2v) is 7.79. The zero-order valence-electron chi connectivity index (χ0n) is 14.5. The van der Waals surface area contributed by atoms with Crippen LogP contribution in [-0.4, -0.2) is 33.8 Å². The summed E-state index contributed by atoms with van der Waals surface area (Å²) in [6, 6.07) is 7.05. The number of rotatable bonds is 9. The third kappa shape index (κ3) is 5.97. The number of nitrogens with zero attached hydrogens (tertiary/aromatic N) is 1. The molecule has 126 valence electrons. The Morgan fingerprint density at radius 3 is 2.27 bits per heavy atom. The predicted molar refractivity (Wildman–Crippen MR) is 95.1 cm³/mol. The van der Waals surface area contributed by atoms with Crippen LogP contribution in [0.15, 0.2) is 18.2 Å². The SMILES string of the molecule is CCC(CC)N(CCCNS(C)(=O)=O)c1ccc(C)c(C)c1. The summed E-state index contributed by atoms with van der Waals surface area (Å²) in [5, 5.41) is 0. The summed E-state index contributed by atoms with van der Waals surface area (Å²) >= 11 is 0. The quantitative estimate of drug-likeness (QED) is 0.709. The van der Waals surface area contributed by atoms with E-state index >= 15 is 0 Å². The third-order valence-corrected chi connectivity index (χ3v) is 4.87. The number of sulfonamides is 1. The van der Waals surface area contributed by atoms with E-state index in [1.165, 1.54) is 23.1 Å². The molecule has 0 fully saturated rings. The molecule has 0 saturated heterocycles. The van der Waals surface area contributed by atoms with Crippen LogP contribution in [0.5, 0.6) is 0 Å². The predicted octanol–water partition coefficient (Wildman–Crippen LogP) is 3.24. The van der Waals surface area contributed by atoms with Gasteiger partial charge >= 0.3 is 0 Å². The fraction of sp³-hybridized carbons (Fsp3) is 0.647. The third-order valence-electron chi connectivity index (χ3n) is 4.15. The van der Waals surface area contributed by atoms with E-state index in [2.05, 4.69) is 55.5 Å². The molecular formula is C17H30N2O2S. The van der Waals surface area contributed by atoms with E-state index in [4.69, 9.17) is 0 Å². The Morgan fingerprint density at radius 1 is 1.14 bits per heavy atom. The van der Waals surface area contributed by atoms with Crippen molar-refractivity contribution in [3.05, 3.63) is 29.3 Å². The maximum atomic E-state index is 11.1. The van der Waals surface area contributed by atoms with Crippen molar-refractivity contribution >= 4 is 15.7 Å². The normalized spacial score (nSPS) is 11.9. The maximum Gasteiger partial charge on any atom is 0.208 e. The summed E-state index contributed by atoms with van der Waals surface area (Å²) in [5.74, 6) is 0. The minimum atomic E-state index is -3.10. The lowest BCUT2D eigenvalue weighted by Gasteiger charge is -2.33. The van der Waals surface area contributed by atoms with E-state index in [-0.39, 0.29) is 0 Å². The molecule has 0 saturated carbocycles. The Labute approximate surface area is 136 Å². The molecule has 0 atom stereocenters. The summed E-state index contributed by atoms with van der Waals surface area (Å²) in [5.41, 5.74) is 3.82. The molecule has 0 aliphatic heterocycles. The van der Waals surface area contributed by atoms with Gasteiger partial charge in [0.2, 0.25) is 10.0 Å². The van der Waals surface area contributed by atoms with Crippen LogP contribution < -0.4 is 9.62 Å². The summed E-state index contributed by atoms with van der Waals surface area (Å²) in [7, 11) is -3.10. The van der Waals surface area contributed by atoms with Gasteiger partial charge in [0.1, 0.15) is 0 Å². The fourth-order valence-electron chi connectivity index (χ4n) is 2.66. The number of aryl methyl sites for hydroxylation is 2. The number of anilines is 1. The highest BCUT2D eigenvalue weighted by Crippen LogP contribution is 2.23. The van der Waals surface area contributed by atoms with Gasteiger partial charge in [0.05, 0.1) is 6.26 Å². The van der Waals surface area contributed by atoms with Crippen LogP contribution >= 0.6 is 0 Å². The summed E-state index contributed by atoms with van der Waals surface area (Å²) in [4.78, 5) is 2.41. The topological polar surface area (TPSA) is 49.4 Å². The van der Waals surface area contributed by atoms with Crippen LogP contribution in [0.1, 0.15) is 44.2 Å². The van der Waals surface area contributed by atoms with Crippen molar-refractivity contribution in [1.82, 2.24) is 4.72 Å². The molecule has 1 aromatic rings. The summed E-state index contributed by atoms with van der Waals surface area (Å²) in [6.45, 7) is 10.0. The van der Waals surface area contributed by atoms with Crippen LogP contribution in [0, 0.1) is 13.8 Å². The first-order chi connectivity index (χ1) is 10.3. The highest BCUT2D eigenvalue weighted by Gasteiger charge is 2.16. The molecule has 0 amide bonds. The first-order valence-electron chi connectivity index (χ1n) is 8.07. The van der Waals surface area contributed by atoms with E-state index in [1.54, 1.807) is 0 Å². The average Bonchev–Trinajstić information content (AvgIpc) is 2.44. The minimum absolute atomic E-state index is 0.486. The molecule has 0 unspecified atom stereocenters. The molecule has 0 spiro atoms. The molecule has 0 aliphatic carbocycles. The second-order valence-electron chi connectivity index (χ2n) is 5.95. The van der Waals surface area contributed by atoms with E-state index in [0.29, 0.717) is 12.6 Å². The molecule has 0 aromatic heterocycles. The van der Waals surface area contributed by atoms with Crippen molar-refractivity contribution in [3.63, 3.8) is 0 Å². The molecule has 4 nitrogen and oxygen atoms in total. The van der Waals surface area contributed by atoms with Crippen LogP contribution in [0.2, 0.25) is 0 Å². The Hall–Kier alpha value is -1.07. The molecule has 0 heterocycles. The van der Waals surface area contributed by atoms with E-state index in [9.17, 15) is 8.42 Å². The van der Waals surface area contributed by atoms with Gasteiger partial charge in [-0.05, 0) is 56.4 Å². The molecular weight excluding hydrogens is 296 g/mol. The van der Waals surface area contributed by atoms with Crippen molar-refractivity contribution in [2.24, 2.45) is 0 Å². The van der Waals surface area contributed by atoms with Gasteiger partial charge in [-0.2, -0.15) is 0 Å². The molecule has 1 N–H and O–H groups in total. The standard InChI is InChI=1S/C17H30N2O2S/c1-6-16(7-2)19(12-8-11-18-22(5,20)21)17-10-9-14(3)15(4)13-17/h9-10,13,16,18H,6-8,11-12H2,1-5H3. The molecule has 1 rings (SSSR count). The van der Waals surface area contributed by atoms with Gasteiger partial charge in [-0.1, -0.05) is 19.9 Å². The lowest BCUT2D eigenvalue weighted by atomic mass is 10.1. The largest absolute Gasteiger partial charge is 0.369 e. The van der Waals surface area contributed by atoms with Crippen molar-refractivity contribution in [2.75, 3.05) is 24.2 Å². The zero-order valence-corrected chi connectivity index (χ0v) is 15.3. The maximum absolute atomic E-state index is 11.1. The Balaban J connectivity index is 2.82. The Morgan fingerprint density at radius 2 is 1.77 bits per heavy atom. The van der Waals surface area contributed by atoms with Crippen LogP contribution in [0.25, 0.3) is 0 Å². The van der Waals surface area contributed by atoms with Gasteiger partial charge in [-0.15, -0.1) is 0 Å². The molecule has 1 aromatic carbocycles. The highest BCUT2D eigenvalue weighted by atomic mass is 32.2. The number of hydrogen-bond donors (Lipinski definition) is 1. The number of nitrogens with one attached hydrogen (secondary N) is 1. The highest BCUT2D eigenvalue weighted by molar-refractivity contribution is 7.88. The van der Waals surface area contributed by atoms with Gasteiger partial charge in [-0.25, -0.2) is 13.1 Å². The smallest absolute Gasteiger partial charge is 0.208 e. The van der Waals surface area contributed by atoms with Gasteiger partial charge in [0.25, 0.3) is 0 Å². The first-order valence-corrected chi connectivity index (χ1v) is 9.96. The lowest BCUT2D eigenvalue weighted by Crippen LogP contribution is -2.37. The molecule has 0 bridgehead atoms. The minimum Gasteiger partial charge on any atom is -0.369 e. The fourth-order valence-corrected chi connectivity index (χ4v) is 3.18. The van der Waals surface area contributed by atoms with Gasteiger partial charge in [0.15, 0.2) is 0 Å². The van der Waals surface area contributed by atoms with E-state index in [1.807, 2.05) is 0 Å².